The van der Waals surface area contributed by atoms with E-state index in [9.17, 15) is 0 Å². The van der Waals surface area contributed by atoms with E-state index in [4.69, 9.17) is 0 Å². The van der Waals surface area contributed by atoms with Crippen molar-refractivity contribution in [1.82, 2.24) is 0 Å². The van der Waals surface area contributed by atoms with E-state index in [0.29, 0.717) is 10.8 Å². The van der Waals surface area contributed by atoms with E-state index >= 15 is 0 Å². The molecule has 4 aliphatic carbocycles. The summed E-state index contributed by atoms with van der Waals surface area (Å²) >= 11 is 0. The Labute approximate surface area is 130 Å². The van der Waals surface area contributed by atoms with Crippen LogP contribution in [0.25, 0.3) is 0 Å². The van der Waals surface area contributed by atoms with E-state index < -0.39 is 0 Å². The van der Waals surface area contributed by atoms with Crippen molar-refractivity contribution < 1.29 is 0 Å². The van der Waals surface area contributed by atoms with Crippen molar-refractivity contribution in [1.29, 1.82) is 0 Å². The van der Waals surface area contributed by atoms with E-state index in [0.717, 1.165) is 17.8 Å². The fraction of sp³-hybridized carbons (Fsp3) is 0.714. The van der Waals surface area contributed by atoms with Crippen molar-refractivity contribution in [2.24, 2.45) is 28.6 Å². The summed E-state index contributed by atoms with van der Waals surface area (Å²) in [4.78, 5) is 0. The van der Waals surface area contributed by atoms with Gasteiger partial charge in [0.05, 0.1) is 0 Å². The van der Waals surface area contributed by atoms with E-state index in [-0.39, 0.29) is 0 Å². The summed E-state index contributed by atoms with van der Waals surface area (Å²) in [6.07, 6.45) is 19.9. The van der Waals surface area contributed by atoms with Crippen LogP contribution in [0.5, 0.6) is 0 Å². The number of fused-ring (bicyclic) bond motifs is 5. The summed E-state index contributed by atoms with van der Waals surface area (Å²) in [5.74, 6) is 2.59. The molecule has 0 nitrogen and oxygen atoms in total. The molecule has 0 aliphatic heterocycles. The van der Waals surface area contributed by atoms with Crippen molar-refractivity contribution in [3.63, 3.8) is 0 Å². The lowest BCUT2D eigenvalue weighted by atomic mass is 9.53. The van der Waals surface area contributed by atoms with Crippen molar-refractivity contribution in [3.05, 3.63) is 35.5 Å². The molecular weight excluding hydrogens is 252 g/mol. The summed E-state index contributed by atoms with van der Waals surface area (Å²) in [5, 5.41) is 0. The van der Waals surface area contributed by atoms with Crippen LogP contribution in [-0.4, -0.2) is 0 Å². The van der Waals surface area contributed by atoms with Gasteiger partial charge in [-0.05, 0) is 61.3 Å². The zero-order chi connectivity index (χ0) is 14.7. The van der Waals surface area contributed by atoms with Gasteiger partial charge in [-0.25, -0.2) is 0 Å². The molecule has 0 heteroatoms. The van der Waals surface area contributed by atoms with Crippen LogP contribution in [0.3, 0.4) is 0 Å². The molecular formula is C21H30. The van der Waals surface area contributed by atoms with Gasteiger partial charge in [-0.3, -0.25) is 0 Å². The van der Waals surface area contributed by atoms with Crippen molar-refractivity contribution >= 4 is 0 Å². The Morgan fingerprint density at radius 1 is 1.19 bits per heavy atom. The zero-order valence-electron chi connectivity index (χ0n) is 14.0. The third-order valence-electron chi connectivity index (χ3n) is 7.66. The first-order valence-corrected chi connectivity index (χ1v) is 9.19. The lowest BCUT2D eigenvalue weighted by Gasteiger charge is -2.51. The lowest BCUT2D eigenvalue weighted by Crippen LogP contribution is -2.42. The molecule has 0 bridgehead atoms. The van der Waals surface area contributed by atoms with Crippen LogP contribution >= 0.6 is 0 Å². The van der Waals surface area contributed by atoms with Crippen LogP contribution in [-0.2, 0) is 0 Å². The molecule has 1 saturated carbocycles. The fourth-order valence-electron chi connectivity index (χ4n) is 6.29. The number of allylic oxidation sites excluding steroid dienone is 6. The summed E-state index contributed by atoms with van der Waals surface area (Å²) in [7, 11) is 0. The van der Waals surface area contributed by atoms with Gasteiger partial charge in [0.2, 0.25) is 0 Å². The summed E-state index contributed by atoms with van der Waals surface area (Å²) in [6, 6.07) is 0. The monoisotopic (exact) mass is 282 g/mol. The minimum atomic E-state index is 0.364. The first-order valence-electron chi connectivity index (χ1n) is 9.19. The maximum atomic E-state index is 2.68. The van der Waals surface area contributed by atoms with E-state index in [1.807, 2.05) is 0 Å². The molecule has 0 amide bonds. The molecule has 0 aromatic heterocycles. The Morgan fingerprint density at radius 2 is 2.05 bits per heavy atom. The highest BCUT2D eigenvalue weighted by molar-refractivity contribution is 5.46. The standard InChI is InChI=1S/C21H30/c1-4-15-9-11-18-17-10-8-16-7-5-6-13-20(16,2)19(17)12-14-21(15,18)3/h7-8,10,12,15,17-18H,4-6,9,11,13-14H2,1-3H3/t15-,17-,18-,20-,21+/m0/s1. The summed E-state index contributed by atoms with van der Waals surface area (Å²) in [5.41, 5.74) is 4.34. The number of hydrogen-bond acceptors (Lipinski definition) is 0. The van der Waals surface area contributed by atoms with Crippen molar-refractivity contribution in [2.75, 3.05) is 0 Å². The summed E-state index contributed by atoms with van der Waals surface area (Å²) < 4.78 is 0. The molecule has 0 N–H and O–H groups in total. The van der Waals surface area contributed by atoms with Crippen molar-refractivity contribution in [3.8, 4) is 0 Å². The molecule has 0 saturated heterocycles. The fourth-order valence-corrected chi connectivity index (χ4v) is 6.29. The summed E-state index contributed by atoms with van der Waals surface area (Å²) in [6.45, 7) is 7.52. The molecule has 21 heavy (non-hydrogen) atoms. The maximum absolute atomic E-state index is 2.68. The van der Waals surface area contributed by atoms with Gasteiger partial charge in [0, 0.05) is 11.3 Å². The van der Waals surface area contributed by atoms with E-state index in [1.54, 1.807) is 11.1 Å². The normalized spacial score (nSPS) is 48.0. The molecule has 0 spiro atoms. The van der Waals surface area contributed by atoms with Crippen LogP contribution in [0, 0.1) is 28.6 Å². The molecule has 1 fully saturated rings. The quantitative estimate of drug-likeness (QED) is 0.513. The van der Waals surface area contributed by atoms with Crippen LogP contribution < -0.4 is 0 Å². The van der Waals surface area contributed by atoms with Gasteiger partial charge in [0.1, 0.15) is 0 Å². The van der Waals surface area contributed by atoms with Gasteiger partial charge in [-0.1, -0.05) is 57.1 Å². The number of rotatable bonds is 1. The predicted molar refractivity (Wildman–Crippen MR) is 90.0 cm³/mol. The predicted octanol–water partition coefficient (Wildman–Crippen LogP) is 6.06. The molecule has 0 unspecified atom stereocenters. The Bertz CT molecular complexity index is 534. The highest BCUT2D eigenvalue weighted by atomic mass is 14.6. The molecule has 4 rings (SSSR count). The second-order valence-corrected chi connectivity index (χ2v) is 8.43. The van der Waals surface area contributed by atoms with Crippen LogP contribution in [0.2, 0.25) is 0 Å². The third-order valence-corrected chi connectivity index (χ3v) is 7.66. The highest BCUT2D eigenvalue weighted by Crippen LogP contribution is 2.63. The van der Waals surface area contributed by atoms with Gasteiger partial charge in [0.25, 0.3) is 0 Å². The minimum absolute atomic E-state index is 0.364. The Hall–Kier alpha value is -0.780. The van der Waals surface area contributed by atoms with Crippen LogP contribution in [0.4, 0.5) is 0 Å². The highest BCUT2D eigenvalue weighted by Gasteiger charge is 2.53. The minimum Gasteiger partial charge on any atom is -0.0833 e. The molecule has 4 aliphatic rings. The second-order valence-electron chi connectivity index (χ2n) is 8.43. The first kappa shape index (κ1) is 13.9. The Kier molecular flexibility index (Phi) is 3.04. The SMILES string of the molecule is CC[C@H]1CC[C@H]2[C@@H]3C=CC4=CCCC[C@]4(C)C3=CC[C@]12C. The van der Waals surface area contributed by atoms with Crippen LogP contribution in [0.1, 0.15) is 65.7 Å². The second kappa shape index (κ2) is 4.61. The maximum Gasteiger partial charge on any atom is 0.0136 e. The van der Waals surface area contributed by atoms with Gasteiger partial charge in [0.15, 0.2) is 0 Å². The topological polar surface area (TPSA) is 0 Å². The Balaban J connectivity index is 1.78. The van der Waals surface area contributed by atoms with Gasteiger partial charge in [-0.15, -0.1) is 0 Å². The zero-order valence-corrected chi connectivity index (χ0v) is 14.0. The lowest BCUT2D eigenvalue weighted by molar-refractivity contribution is 0.111. The molecule has 0 aromatic rings. The van der Waals surface area contributed by atoms with Crippen LogP contribution in [0.15, 0.2) is 35.5 Å². The molecule has 5 atom stereocenters. The van der Waals surface area contributed by atoms with Gasteiger partial charge < -0.3 is 0 Å². The molecule has 0 heterocycles. The smallest absolute Gasteiger partial charge is 0.0136 e. The largest absolute Gasteiger partial charge is 0.0833 e. The molecule has 0 radical (unpaired) electrons. The number of hydrogen-bond donors (Lipinski definition) is 0. The Morgan fingerprint density at radius 3 is 2.86 bits per heavy atom. The average Bonchev–Trinajstić information content (AvgIpc) is 2.83. The van der Waals surface area contributed by atoms with Crippen molar-refractivity contribution in [2.45, 2.75) is 65.7 Å². The first-order chi connectivity index (χ1) is 10.1. The van der Waals surface area contributed by atoms with Gasteiger partial charge in [-0.2, -0.15) is 0 Å². The third kappa shape index (κ3) is 1.74. The molecule has 114 valence electrons. The van der Waals surface area contributed by atoms with Gasteiger partial charge >= 0.3 is 0 Å². The van der Waals surface area contributed by atoms with E-state index in [2.05, 4.69) is 45.1 Å². The average molecular weight is 282 g/mol. The molecule has 0 aromatic carbocycles. The van der Waals surface area contributed by atoms with E-state index in [1.165, 1.54) is 44.9 Å².